The van der Waals surface area contributed by atoms with Crippen molar-refractivity contribution in [2.45, 2.75) is 13.5 Å². The normalized spacial score (nSPS) is 10.3. The topological polar surface area (TPSA) is 38.3 Å². The van der Waals surface area contributed by atoms with Gasteiger partial charge in [-0.1, -0.05) is 12.1 Å². The molecule has 2 rings (SSSR count). The van der Waals surface area contributed by atoms with Crippen molar-refractivity contribution in [3.63, 3.8) is 0 Å². The third-order valence-corrected chi connectivity index (χ3v) is 3.19. The Morgan fingerprint density at radius 1 is 1.19 bits per heavy atom. The van der Waals surface area contributed by atoms with E-state index in [9.17, 15) is 13.6 Å². The fourth-order valence-corrected chi connectivity index (χ4v) is 1.94. The molecule has 110 valence electrons. The molecule has 1 N–H and O–H groups in total. The Hall–Kier alpha value is -2.43. The summed E-state index contributed by atoms with van der Waals surface area (Å²) in [4.78, 5) is 11.3. The van der Waals surface area contributed by atoms with Gasteiger partial charge in [0.1, 0.15) is 11.6 Å². The number of nitrogens with one attached hydrogen (secondary N) is 1. The van der Waals surface area contributed by atoms with Gasteiger partial charge in [0.2, 0.25) is 0 Å². The second kappa shape index (κ2) is 6.35. The second-order valence-electron chi connectivity index (χ2n) is 4.57. The molecule has 0 radical (unpaired) electrons. The minimum atomic E-state index is -0.715. The summed E-state index contributed by atoms with van der Waals surface area (Å²) in [6.07, 6.45) is 0. The maximum atomic E-state index is 13.8. The molecular formula is C16H15F2NO2. The van der Waals surface area contributed by atoms with Crippen LogP contribution in [-0.4, -0.2) is 13.1 Å². The van der Waals surface area contributed by atoms with Crippen LogP contribution in [0, 0.1) is 18.6 Å². The van der Waals surface area contributed by atoms with Crippen LogP contribution in [-0.2, 0) is 11.3 Å². The van der Waals surface area contributed by atoms with Crippen LogP contribution in [0.1, 0.15) is 21.5 Å². The average Bonchev–Trinajstić information content (AvgIpc) is 2.48. The fourth-order valence-electron chi connectivity index (χ4n) is 1.94. The van der Waals surface area contributed by atoms with Crippen molar-refractivity contribution >= 4 is 11.7 Å². The molecule has 0 bridgehead atoms. The number of anilines is 1. The zero-order chi connectivity index (χ0) is 15.4. The van der Waals surface area contributed by atoms with E-state index in [0.717, 1.165) is 0 Å². The maximum absolute atomic E-state index is 13.8. The molecule has 0 amide bonds. The zero-order valence-corrected chi connectivity index (χ0v) is 11.7. The number of hydrogen-bond donors (Lipinski definition) is 1. The first-order chi connectivity index (χ1) is 10.0. The van der Waals surface area contributed by atoms with Crippen molar-refractivity contribution < 1.29 is 18.3 Å². The molecule has 0 saturated heterocycles. The Morgan fingerprint density at radius 3 is 2.62 bits per heavy atom. The number of rotatable bonds is 4. The van der Waals surface area contributed by atoms with Gasteiger partial charge in [-0.05, 0) is 36.8 Å². The lowest BCUT2D eigenvalue weighted by molar-refractivity contribution is 0.0595. The standard InChI is InChI=1S/C16H15F2NO2/c1-10-13(17)4-3-5-15(10)19-9-11-6-7-12(14(18)8-11)16(20)21-2/h3-8,19H,9H2,1-2H3. The highest BCUT2D eigenvalue weighted by Gasteiger charge is 2.12. The zero-order valence-electron chi connectivity index (χ0n) is 11.7. The minimum absolute atomic E-state index is 0.108. The lowest BCUT2D eigenvalue weighted by Gasteiger charge is -2.11. The SMILES string of the molecule is COC(=O)c1ccc(CNc2cccc(F)c2C)cc1F. The minimum Gasteiger partial charge on any atom is -0.465 e. The third-order valence-electron chi connectivity index (χ3n) is 3.19. The van der Waals surface area contributed by atoms with Crippen molar-refractivity contribution in [1.29, 1.82) is 0 Å². The van der Waals surface area contributed by atoms with Gasteiger partial charge in [0.05, 0.1) is 12.7 Å². The highest BCUT2D eigenvalue weighted by molar-refractivity contribution is 5.89. The van der Waals surface area contributed by atoms with E-state index in [-0.39, 0.29) is 11.4 Å². The smallest absolute Gasteiger partial charge is 0.340 e. The summed E-state index contributed by atoms with van der Waals surface area (Å²) in [5.41, 5.74) is 1.68. The van der Waals surface area contributed by atoms with Crippen LogP contribution in [0.5, 0.6) is 0 Å². The molecule has 3 nitrogen and oxygen atoms in total. The van der Waals surface area contributed by atoms with Crippen LogP contribution in [0.25, 0.3) is 0 Å². The molecule has 0 aliphatic carbocycles. The van der Waals surface area contributed by atoms with Gasteiger partial charge in [0.15, 0.2) is 0 Å². The maximum Gasteiger partial charge on any atom is 0.340 e. The van der Waals surface area contributed by atoms with Crippen LogP contribution in [0.15, 0.2) is 36.4 Å². The molecule has 0 unspecified atom stereocenters. The van der Waals surface area contributed by atoms with E-state index in [1.165, 1.54) is 25.3 Å². The summed E-state index contributed by atoms with van der Waals surface area (Å²) in [7, 11) is 1.20. The third kappa shape index (κ3) is 3.37. The summed E-state index contributed by atoms with van der Waals surface area (Å²) >= 11 is 0. The van der Waals surface area contributed by atoms with E-state index in [2.05, 4.69) is 10.1 Å². The van der Waals surface area contributed by atoms with Gasteiger partial charge in [-0.25, -0.2) is 13.6 Å². The van der Waals surface area contributed by atoms with Crippen molar-refractivity contribution in [3.05, 3.63) is 64.7 Å². The number of carbonyl (C=O) groups is 1. The van der Waals surface area contributed by atoms with Crippen LogP contribution < -0.4 is 5.32 Å². The Bertz CT molecular complexity index is 671. The molecule has 5 heteroatoms. The molecule has 0 heterocycles. The molecule has 2 aromatic carbocycles. The number of methoxy groups -OCH3 is 1. The Kier molecular flexibility index (Phi) is 4.52. The number of carbonyl (C=O) groups excluding carboxylic acids is 1. The van der Waals surface area contributed by atoms with E-state index in [0.29, 0.717) is 23.4 Å². The quantitative estimate of drug-likeness (QED) is 0.873. The average molecular weight is 291 g/mol. The summed E-state index contributed by atoms with van der Waals surface area (Å²) in [5, 5.41) is 3.04. The summed E-state index contributed by atoms with van der Waals surface area (Å²) in [5.74, 6) is -1.66. The Balaban J connectivity index is 2.12. The predicted molar refractivity (Wildman–Crippen MR) is 76.2 cm³/mol. The predicted octanol–water partition coefficient (Wildman–Crippen LogP) is 3.67. The number of esters is 1. The second-order valence-corrected chi connectivity index (χ2v) is 4.57. The summed E-state index contributed by atoms with van der Waals surface area (Å²) < 4.78 is 31.6. The first kappa shape index (κ1) is 15.0. The van der Waals surface area contributed by atoms with Crippen LogP contribution >= 0.6 is 0 Å². The Morgan fingerprint density at radius 2 is 1.95 bits per heavy atom. The molecule has 0 aromatic heterocycles. The van der Waals surface area contributed by atoms with E-state index >= 15 is 0 Å². The highest BCUT2D eigenvalue weighted by atomic mass is 19.1. The number of benzene rings is 2. The van der Waals surface area contributed by atoms with Crippen molar-refractivity contribution in [2.24, 2.45) is 0 Å². The molecule has 0 aliphatic rings. The molecule has 0 atom stereocenters. The van der Waals surface area contributed by atoms with Gasteiger partial charge in [0.25, 0.3) is 0 Å². The monoisotopic (exact) mass is 291 g/mol. The molecule has 21 heavy (non-hydrogen) atoms. The first-order valence-corrected chi connectivity index (χ1v) is 6.38. The number of hydrogen-bond acceptors (Lipinski definition) is 3. The van der Waals surface area contributed by atoms with Gasteiger partial charge in [-0.3, -0.25) is 0 Å². The van der Waals surface area contributed by atoms with Gasteiger partial charge >= 0.3 is 5.97 Å². The lowest BCUT2D eigenvalue weighted by atomic mass is 10.1. The van der Waals surface area contributed by atoms with E-state index in [1.807, 2.05) is 0 Å². The van der Waals surface area contributed by atoms with Crippen LogP contribution in [0.4, 0.5) is 14.5 Å². The highest BCUT2D eigenvalue weighted by Crippen LogP contribution is 2.19. The molecule has 0 spiro atoms. The lowest BCUT2D eigenvalue weighted by Crippen LogP contribution is -2.07. The molecule has 0 fully saturated rings. The first-order valence-electron chi connectivity index (χ1n) is 6.38. The van der Waals surface area contributed by atoms with Gasteiger partial charge in [0, 0.05) is 17.8 Å². The van der Waals surface area contributed by atoms with Crippen molar-refractivity contribution in [1.82, 2.24) is 0 Å². The summed E-state index contributed by atoms with van der Waals surface area (Å²) in [6.45, 7) is 1.99. The van der Waals surface area contributed by atoms with Crippen LogP contribution in [0.2, 0.25) is 0 Å². The van der Waals surface area contributed by atoms with Gasteiger partial charge < -0.3 is 10.1 Å². The van der Waals surface area contributed by atoms with E-state index < -0.39 is 11.8 Å². The Labute approximate surface area is 121 Å². The molecule has 0 saturated carbocycles. The largest absolute Gasteiger partial charge is 0.465 e. The molecular weight excluding hydrogens is 276 g/mol. The van der Waals surface area contributed by atoms with Gasteiger partial charge in [-0.15, -0.1) is 0 Å². The fraction of sp³-hybridized carbons (Fsp3) is 0.188. The molecule has 0 aliphatic heterocycles. The van der Waals surface area contributed by atoms with E-state index in [1.54, 1.807) is 25.1 Å². The number of halogens is 2. The number of ether oxygens (including phenoxy) is 1. The van der Waals surface area contributed by atoms with Crippen LogP contribution in [0.3, 0.4) is 0 Å². The molecule has 2 aromatic rings. The van der Waals surface area contributed by atoms with E-state index in [4.69, 9.17) is 0 Å². The van der Waals surface area contributed by atoms with Gasteiger partial charge in [-0.2, -0.15) is 0 Å². The summed E-state index contributed by atoms with van der Waals surface area (Å²) in [6, 6.07) is 8.98. The van der Waals surface area contributed by atoms with Crippen molar-refractivity contribution in [3.8, 4) is 0 Å². The van der Waals surface area contributed by atoms with Crippen molar-refractivity contribution in [2.75, 3.05) is 12.4 Å².